The van der Waals surface area contributed by atoms with Crippen molar-refractivity contribution in [1.29, 1.82) is 0 Å². The molecule has 4 rings (SSSR count). The number of nitrogens with zero attached hydrogens (tertiary/aromatic N) is 5. The molecule has 2 N–H and O–H groups in total. The van der Waals surface area contributed by atoms with Gasteiger partial charge < -0.3 is 15.0 Å². The van der Waals surface area contributed by atoms with Gasteiger partial charge in [0.1, 0.15) is 6.61 Å². The van der Waals surface area contributed by atoms with Crippen molar-refractivity contribution in [2.45, 2.75) is 33.3 Å². The summed E-state index contributed by atoms with van der Waals surface area (Å²) >= 11 is 0. The Bertz CT molecular complexity index is 1030. The van der Waals surface area contributed by atoms with E-state index in [2.05, 4.69) is 35.4 Å². The number of aromatic nitrogens is 5. The van der Waals surface area contributed by atoms with Crippen LogP contribution >= 0.6 is 0 Å². The number of nitrogens with one attached hydrogen (secondary N) is 2. The van der Waals surface area contributed by atoms with E-state index in [1.165, 1.54) is 0 Å². The monoisotopic (exact) mass is 421 g/mol. The molecule has 3 aromatic rings. The molecule has 0 radical (unpaired) electrons. The standard InChI is InChI=1S/C22H27N7O2/c1-14-11-15(2)24-22(23-14)29-10-4-5-17(12-29)21(30)25-18-8-6-16(7-9-18)20-26-19(13-31-3)27-28-20/h6-9,11,17H,4-5,10,12-13H2,1-3H3,(H,25,30)(H,26,27,28). The first-order valence-corrected chi connectivity index (χ1v) is 10.4. The highest BCUT2D eigenvalue weighted by molar-refractivity contribution is 5.93. The fourth-order valence-electron chi connectivity index (χ4n) is 3.79. The Morgan fingerprint density at radius 3 is 2.65 bits per heavy atom. The summed E-state index contributed by atoms with van der Waals surface area (Å²) in [4.78, 5) is 28.5. The number of methoxy groups -OCH3 is 1. The van der Waals surface area contributed by atoms with E-state index in [0.29, 0.717) is 30.7 Å². The number of hydrogen-bond donors (Lipinski definition) is 2. The van der Waals surface area contributed by atoms with E-state index in [1.807, 2.05) is 44.2 Å². The quantitative estimate of drug-likeness (QED) is 0.630. The minimum atomic E-state index is -0.109. The van der Waals surface area contributed by atoms with Crippen molar-refractivity contribution in [3.05, 3.63) is 47.5 Å². The topological polar surface area (TPSA) is 109 Å². The number of anilines is 2. The van der Waals surface area contributed by atoms with Gasteiger partial charge in [0.2, 0.25) is 11.9 Å². The second-order valence-electron chi connectivity index (χ2n) is 7.84. The molecule has 1 aromatic carbocycles. The molecule has 1 aliphatic heterocycles. The van der Waals surface area contributed by atoms with Crippen LogP contribution < -0.4 is 10.2 Å². The minimum absolute atomic E-state index is 0.0158. The predicted molar refractivity (Wildman–Crippen MR) is 118 cm³/mol. The third kappa shape index (κ3) is 5.05. The Morgan fingerprint density at radius 2 is 1.94 bits per heavy atom. The molecule has 0 saturated carbocycles. The first kappa shape index (κ1) is 20.9. The zero-order valence-corrected chi connectivity index (χ0v) is 18.1. The number of carbonyl (C=O) groups is 1. The Hall–Kier alpha value is -3.33. The van der Waals surface area contributed by atoms with Gasteiger partial charge in [0.05, 0.1) is 5.92 Å². The van der Waals surface area contributed by atoms with E-state index in [0.717, 1.165) is 42.0 Å². The van der Waals surface area contributed by atoms with Gasteiger partial charge in [0, 0.05) is 42.8 Å². The van der Waals surface area contributed by atoms with Gasteiger partial charge in [-0.05, 0) is 57.0 Å². The van der Waals surface area contributed by atoms with Crippen molar-refractivity contribution in [2.24, 2.45) is 5.92 Å². The van der Waals surface area contributed by atoms with Crippen LogP contribution in [0.2, 0.25) is 0 Å². The molecule has 0 aliphatic carbocycles. The van der Waals surface area contributed by atoms with Crippen LogP contribution in [0.15, 0.2) is 30.3 Å². The minimum Gasteiger partial charge on any atom is -0.377 e. The summed E-state index contributed by atoms with van der Waals surface area (Å²) in [6, 6.07) is 9.48. The van der Waals surface area contributed by atoms with Gasteiger partial charge in [-0.25, -0.2) is 15.0 Å². The molecular weight excluding hydrogens is 394 g/mol. The first-order chi connectivity index (χ1) is 15.0. The van der Waals surface area contributed by atoms with Crippen molar-refractivity contribution in [2.75, 3.05) is 30.4 Å². The molecule has 1 atom stereocenters. The van der Waals surface area contributed by atoms with Crippen molar-refractivity contribution >= 4 is 17.5 Å². The third-order valence-corrected chi connectivity index (χ3v) is 5.27. The lowest BCUT2D eigenvalue weighted by Gasteiger charge is -2.32. The number of ether oxygens (including phenoxy) is 1. The highest BCUT2D eigenvalue weighted by Crippen LogP contribution is 2.23. The number of aryl methyl sites for hydroxylation is 2. The summed E-state index contributed by atoms with van der Waals surface area (Å²) in [5.74, 6) is 1.88. The van der Waals surface area contributed by atoms with Crippen molar-refractivity contribution in [3.8, 4) is 11.4 Å². The van der Waals surface area contributed by atoms with Gasteiger partial charge in [-0.2, -0.15) is 5.10 Å². The summed E-state index contributed by atoms with van der Waals surface area (Å²) in [7, 11) is 1.61. The fraction of sp³-hybridized carbons (Fsp3) is 0.409. The van der Waals surface area contributed by atoms with E-state index in [4.69, 9.17) is 4.74 Å². The summed E-state index contributed by atoms with van der Waals surface area (Å²) in [5.41, 5.74) is 3.50. The molecule has 1 fully saturated rings. The first-order valence-electron chi connectivity index (χ1n) is 10.4. The highest BCUT2D eigenvalue weighted by Gasteiger charge is 2.27. The van der Waals surface area contributed by atoms with Crippen LogP contribution in [0, 0.1) is 19.8 Å². The zero-order valence-electron chi connectivity index (χ0n) is 18.1. The lowest BCUT2D eigenvalue weighted by atomic mass is 9.97. The van der Waals surface area contributed by atoms with Crippen molar-refractivity contribution in [1.82, 2.24) is 25.1 Å². The van der Waals surface area contributed by atoms with E-state index >= 15 is 0 Å². The molecule has 2 aromatic heterocycles. The SMILES string of the molecule is COCc1nc(-c2ccc(NC(=O)C3CCCN(c4nc(C)cc(C)n4)C3)cc2)n[nH]1. The molecule has 9 heteroatoms. The number of piperidine rings is 1. The summed E-state index contributed by atoms with van der Waals surface area (Å²) in [6.07, 6.45) is 1.78. The largest absolute Gasteiger partial charge is 0.377 e. The smallest absolute Gasteiger partial charge is 0.229 e. The molecule has 0 bridgehead atoms. The Morgan fingerprint density at radius 1 is 1.19 bits per heavy atom. The average Bonchev–Trinajstić information content (AvgIpc) is 3.22. The van der Waals surface area contributed by atoms with Gasteiger partial charge in [0.15, 0.2) is 11.6 Å². The van der Waals surface area contributed by atoms with E-state index in [9.17, 15) is 4.79 Å². The normalized spacial score (nSPS) is 16.4. The molecule has 31 heavy (non-hydrogen) atoms. The maximum Gasteiger partial charge on any atom is 0.229 e. The molecule has 1 unspecified atom stereocenters. The number of amides is 1. The molecule has 1 saturated heterocycles. The van der Waals surface area contributed by atoms with Crippen LogP contribution in [-0.4, -0.2) is 51.3 Å². The maximum absolute atomic E-state index is 12.9. The van der Waals surface area contributed by atoms with Gasteiger partial charge in [-0.3, -0.25) is 9.89 Å². The van der Waals surface area contributed by atoms with Crippen molar-refractivity contribution < 1.29 is 9.53 Å². The lowest BCUT2D eigenvalue weighted by Crippen LogP contribution is -2.41. The highest BCUT2D eigenvalue weighted by atomic mass is 16.5. The molecule has 1 amide bonds. The van der Waals surface area contributed by atoms with Crippen LogP contribution in [0.4, 0.5) is 11.6 Å². The summed E-state index contributed by atoms with van der Waals surface area (Å²) in [5, 5.41) is 10.1. The molecule has 0 spiro atoms. The number of hydrogen-bond acceptors (Lipinski definition) is 7. The number of aromatic amines is 1. The molecule has 3 heterocycles. The van der Waals surface area contributed by atoms with Crippen LogP contribution in [0.1, 0.15) is 30.1 Å². The maximum atomic E-state index is 12.9. The van der Waals surface area contributed by atoms with Crippen LogP contribution in [-0.2, 0) is 16.1 Å². The molecule has 162 valence electrons. The summed E-state index contributed by atoms with van der Waals surface area (Å²) in [6.45, 7) is 5.79. The number of rotatable bonds is 6. The molecule has 9 nitrogen and oxygen atoms in total. The lowest BCUT2D eigenvalue weighted by molar-refractivity contribution is -0.120. The van der Waals surface area contributed by atoms with E-state index in [-0.39, 0.29) is 11.8 Å². The van der Waals surface area contributed by atoms with Crippen LogP contribution in [0.5, 0.6) is 0 Å². The Labute approximate surface area is 181 Å². The van der Waals surface area contributed by atoms with Gasteiger partial charge in [-0.15, -0.1) is 0 Å². The second-order valence-corrected chi connectivity index (χ2v) is 7.84. The average molecular weight is 422 g/mol. The van der Waals surface area contributed by atoms with Gasteiger partial charge >= 0.3 is 0 Å². The van der Waals surface area contributed by atoms with E-state index in [1.54, 1.807) is 7.11 Å². The number of benzene rings is 1. The molecule has 1 aliphatic rings. The van der Waals surface area contributed by atoms with Gasteiger partial charge in [-0.1, -0.05) is 0 Å². The fourth-order valence-corrected chi connectivity index (χ4v) is 3.79. The van der Waals surface area contributed by atoms with E-state index < -0.39 is 0 Å². The second kappa shape index (κ2) is 9.22. The summed E-state index contributed by atoms with van der Waals surface area (Å²) < 4.78 is 5.05. The number of carbonyl (C=O) groups excluding carboxylic acids is 1. The Balaban J connectivity index is 1.39. The number of H-pyrrole nitrogens is 1. The molecular formula is C22H27N7O2. The Kier molecular flexibility index (Phi) is 6.22. The van der Waals surface area contributed by atoms with Crippen molar-refractivity contribution in [3.63, 3.8) is 0 Å². The van der Waals surface area contributed by atoms with Crippen LogP contribution in [0.25, 0.3) is 11.4 Å². The zero-order chi connectivity index (χ0) is 21.8. The predicted octanol–water partition coefficient (Wildman–Crippen LogP) is 2.88. The van der Waals surface area contributed by atoms with Gasteiger partial charge in [0.25, 0.3) is 0 Å². The third-order valence-electron chi connectivity index (χ3n) is 5.27. The van der Waals surface area contributed by atoms with Crippen LogP contribution in [0.3, 0.4) is 0 Å².